The first-order valence-electron chi connectivity index (χ1n) is 7.12. The van der Waals surface area contributed by atoms with E-state index in [4.69, 9.17) is 4.74 Å². The number of esters is 1. The van der Waals surface area contributed by atoms with Crippen molar-refractivity contribution >= 4 is 5.97 Å². The number of hydrogen-bond acceptors (Lipinski definition) is 3. The van der Waals surface area contributed by atoms with Crippen molar-refractivity contribution in [3.8, 4) is 0 Å². The zero-order valence-electron chi connectivity index (χ0n) is 11.8. The second kappa shape index (κ2) is 6.71. The maximum atomic E-state index is 11.9. The van der Waals surface area contributed by atoms with Gasteiger partial charge in [-0.25, -0.2) is 0 Å². The highest BCUT2D eigenvalue weighted by Gasteiger charge is 2.26. The Morgan fingerprint density at radius 2 is 1.84 bits per heavy atom. The van der Waals surface area contributed by atoms with E-state index in [1.165, 1.54) is 19.3 Å². The summed E-state index contributed by atoms with van der Waals surface area (Å²) in [5, 5.41) is 0. The monoisotopic (exact) mass is 262 g/mol. The van der Waals surface area contributed by atoms with Crippen LogP contribution in [0.5, 0.6) is 0 Å². The van der Waals surface area contributed by atoms with E-state index >= 15 is 0 Å². The van der Waals surface area contributed by atoms with Gasteiger partial charge < -0.3 is 4.74 Å². The molecule has 1 saturated heterocycles. The first-order chi connectivity index (χ1) is 9.16. The topological polar surface area (TPSA) is 29.5 Å². The molecule has 0 spiro atoms. The molecular formula is C16H23NO2. The number of hydrogen-bond donors (Lipinski definition) is 0. The smallest absolute Gasteiger partial charge is 0.320 e. The number of nitrogens with zero attached hydrogens (tertiary/aromatic N) is 1. The summed E-state index contributed by atoms with van der Waals surface area (Å²) in [7, 11) is 0. The molecule has 2 unspecified atom stereocenters. The summed E-state index contributed by atoms with van der Waals surface area (Å²) < 4.78 is 5.35. The fourth-order valence-electron chi connectivity index (χ4n) is 2.72. The van der Waals surface area contributed by atoms with E-state index in [2.05, 4.69) is 18.7 Å². The highest BCUT2D eigenvalue weighted by atomic mass is 16.5. The lowest BCUT2D eigenvalue weighted by atomic mass is 10.1. The van der Waals surface area contributed by atoms with Gasteiger partial charge in [-0.05, 0) is 32.3 Å². The van der Waals surface area contributed by atoms with Gasteiger partial charge in [-0.2, -0.15) is 0 Å². The summed E-state index contributed by atoms with van der Waals surface area (Å²) in [5.41, 5.74) is 1.04. The first-order valence-corrected chi connectivity index (χ1v) is 7.12. The Balaban J connectivity index is 1.80. The van der Waals surface area contributed by atoms with Crippen LogP contribution >= 0.6 is 0 Å². The molecule has 0 aromatic heterocycles. The number of likely N-dealkylation sites (tertiary alicyclic amines) is 1. The van der Waals surface area contributed by atoms with E-state index in [9.17, 15) is 4.79 Å². The lowest BCUT2D eigenvalue weighted by Crippen LogP contribution is -2.46. The van der Waals surface area contributed by atoms with Gasteiger partial charge >= 0.3 is 5.97 Å². The molecule has 0 saturated carbocycles. The summed E-state index contributed by atoms with van der Waals surface area (Å²) in [6, 6.07) is 10.8. The Kier molecular flexibility index (Phi) is 4.97. The van der Waals surface area contributed by atoms with Gasteiger partial charge in [0.15, 0.2) is 0 Å². The van der Waals surface area contributed by atoms with Crippen LogP contribution in [0.1, 0.15) is 38.7 Å². The molecule has 1 aliphatic rings. The van der Waals surface area contributed by atoms with Crippen LogP contribution in [0.4, 0.5) is 0 Å². The molecule has 1 heterocycles. The van der Waals surface area contributed by atoms with Crippen molar-refractivity contribution in [3.63, 3.8) is 0 Å². The quantitative estimate of drug-likeness (QED) is 0.617. The fourth-order valence-corrected chi connectivity index (χ4v) is 2.72. The Morgan fingerprint density at radius 1 is 1.21 bits per heavy atom. The number of piperidine rings is 1. The van der Waals surface area contributed by atoms with Gasteiger partial charge in [0, 0.05) is 12.1 Å². The van der Waals surface area contributed by atoms with Crippen molar-refractivity contribution in [1.82, 2.24) is 4.90 Å². The lowest BCUT2D eigenvalue weighted by Gasteiger charge is -2.38. The third-order valence-electron chi connectivity index (χ3n) is 3.93. The molecular weight excluding hydrogens is 239 g/mol. The maximum absolute atomic E-state index is 11.9. The van der Waals surface area contributed by atoms with Gasteiger partial charge in [-0.3, -0.25) is 9.69 Å². The highest BCUT2D eigenvalue weighted by Crippen LogP contribution is 2.22. The molecule has 1 fully saturated rings. The number of carbonyl (C=O) groups excluding carboxylic acids is 1. The first kappa shape index (κ1) is 14.1. The third kappa shape index (κ3) is 4.06. The second-order valence-electron chi connectivity index (χ2n) is 5.45. The van der Waals surface area contributed by atoms with Crippen molar-refractivity contribution in [2.24, 2.45) is 0 Å². The van der Waals surface area contributed by atoms with E-state index in [1.54, 1.807) is 0 Å². The minimum absolute atomic E-state index is 0.121. The number of benzene rings is 1. The van der Waals surface area contributed by atoms with Crippen LogP contribution in [0, 0.1) is 0 Å². The molecule has 0 N–H and O–H groups in total. The van der Waals surface area contributed by atoms with E-state index in [0.29, 0.717) is 25.2 Å². The molecule has 0 aliphatic carbocycles. The van der Waals surface area contributed by atoms with E-state index in [-0.39, 0.29) is 5.97 Å². The fraction of sp³-hybridized carbons (Fsp3) is 0.562. The largest absolute Gasteiger partial charge is 0.460 e. The minimum Gasteiger partial charge on any atom is -0.460 e. The van der Waals surface area contributed by atoms with Crippen molar-refractivity contribution in [2.75, 3.05) is 6.54 Å². The Morgan fingerprint density at radius 3 is 2.47 bits per heavy atom. The molecule has 1 aromatic rings. The van der Waals surface area contributed by atoms with Crippen molar-refractivity contribution in [3.05, 3.63) is 35.9 Å². The van der Waals surface area contributed by atoms with Crippen LogP contribution in [0.2, 0.25) is 0 Å². The molecule has 0 bridgehead atoms. The second-order valence-corrected chi connectivity index (χ2v) is 5.45. The Hall–Kier alpha value is -1.35. The zero-order chi connectivity index (χ0) is 13.7. The number of rotatable bonds is 4. The van der Waals surface area contributed by atoms with Gasteiger partial charge in [0.25, 0.3) is 0 Å². The molecule has 3 nitrogen and oxygen atoms in total. The molecule has 1 aliphatic heterocycles. The van der Waals surface area contributed by atoms with Crippen LogP contribution < -0.4 is 0 Å². The van der Waals surface area contributed by atoms with Gasteiger partial charge in [0.05, 0.1) is 6.54 Å². The molecule has 3 heteroatoms. The van der Waals surface area contributed by atoms with E-state index < -0.39 is 0 Å². The van der Waals surface area contributed by atoms with Crippen molar-refractivity contribution in [1.29, 1.82) is 0 Å². The van der Waals surface area contributed by atoms with Gasteiger partial charge in [0.2, 0.25) is 0 Å². The molecule has 1 aromatic carbocycles. The third-order valence-corrected chi connectivity index (χ3v) is 3.93. The van der Waals surface area contributed by atoms with Crippen LogP contribution in [-0.4, -0.2) is 29.5 Å². The average Bonchev–Trinajstić information content (AvgIpc) is 2.42. The predicted octanol–water partition coefficient (Wildman–Crippen LogP) is 2.99. The standard InChI is InChI=1S/C16H23NO2/c1-13-7-6-8-14(2)17(13)11-16(18)19-12-15-9-4-3-5-10-15/h3-5,9-10,13-14H,6-8,11-12H2,1-2H3/i13+1. The molecule has 2 rings (SSSR count). The number of carbonyl (C=O) groups is 1. The SMILES string of the molecule is CC1CCC[13CH](C)N1CC(=O)OCc1ccccc1. The minimum atomic E-state index is -0.121. The molecule has 0 amide bonds. The van der Waals surface area contributed by atoms with Crippen LogP contribution in [0.25, 0.3) is 0 Å². The number of ether oxygens (including phenoxy) is 1. The van der Waals surface area contributed by atoms with Gasteiger partial charge in [0.1, 0.15) is 6.61 Å². The zero-order valence-corrected chi connectivity index (χ0v) is 11.8. The lowest BCUT2D eigenvalue weighted by molar-refractivity contribution is -0.148. The Bertz CT molecular complexity index is 394. The van der Waals surface area contributed by atoms with E-state index in [1.807, 2.05) is 30.3 Å². The molecule has 2 atom stereocenters. The van der Waals surface area contributed by atoms with Crippen LogP contribution in [0.15, 0.2) is 30.3 Å². The maximum Gasteiger partial charge on any atom is 0.320 e. The van der Waals surface area contributed by atoms with Crippen LogP contribution in [-0.2, 0) is 16.1 Å². The normalized spacial score (nSPS) is 24.1. The van der Waals surface area contributed by atoms with Gasteiger partial charge in [-0.1, -0.05) is 36.8 Å². The summed E-state index contributed by atoms with van der Waals surface area (Å²) in [6.07, 6.45) is 3.62. The van der Waals surface area contributed by atoms with Crippen LogP contribution in [0.3, 0.4) is 0 Å². The van der Waals surface area contributed by atoms with Gasteiger partial charge in [-0.15, -0.1) is 0 Å². The molecule has 0 radical (unpaired) electrons. The average molecular weight is 262 g/mol. The predicted molar refractivity (Wildman–Crippen MR) is 75.7 cm³/mol. The summed E-state index contributed by atoms with van der Waals surface area (Å²) in [5.74, 6) is -0.121. The summed E-state index contributed by atoms with van der Waals surface area (Å²) >= 11 is 0. The summed E-state index contributed by atoms with van der Waals surface area (Å²) in [4.78, 5) is 14.2. The summed E-state index contributed by atoms with van der Waals surface area (Å²) in [6.45, 7) is 5.17. The molecule has 104 valence electrons. The van der Waals surface area contributed by atoms with E-state index in [0.717, 1.165) is 5.56 Å². The Labute approximate surface area is 115 Å². The highest BCUT2D eigenvalue weighted by molar-refractivity contribution is 5.71. The van der Waals surface area contributed by atoms with Crippen molar-refractivity contribution < 1.29 is 9.53 Å². The van der Waals surface area contributed by atoms with Crippen molar-refractivity contribution in [2.45, 2.75) is 51.8 Å². The molecule has 19 heavy (non-hydrogen) atoms.